The van der Waals surface area contributed by atoms with Gasteiger partial charge in [-0.25, -0.2) is 9.59 Å². The molecule has 32 heavy (non-hydrogen) atoms. The van der Waals surface area contributed by atoms with Crippen molar-refractivity contribution in [2.24, 2.45) is 0 Å². The molecule has 0 bridgehead atoms. The molecular formula is C24H27ClN4O3. The summed E-state index contributed by atoms with van der Waals surface area (Å²) in [5, 5.41) is 5.74. The second kappa shape index (κ2) is 8.82. The van der Waals surface area contributed by atoms with Gasteiger partial charge in [-0.05, 0) is 43.0 Å². The zero-order chi connectivity index (χ0) is 22.9. The fourth-order valence-electron chi connectivity index (χ4n) is 4.53. The molecule has 1 aliphatic carbocycles. The van der Waals surface area contributed by atoms with Crippen molar-refractivity contribution < 1.29 is 14.4 Å². The number of anilines is 2. The van der Waals surface area contributed by atoms with Crippen LogP contribution in [0.2, 0.25) is 5.02 Å². The Morgan fingerprint density at radius 2 is 1.69 bits per heavy atom. The number of amides is 5. The zero-order valence-corrected chi connectivity index (χ0v) is 19.0. The predicted octanol–water partition coefficient (Wildman–Crippen LogP) is 4.93. The Morgan fingerprint density at radius 1 is 0.969 bits per heavy atom. The van der Waals surface area contributed by atoms with E-state index in [1.165, 1.54) is 4.90 Å². The number of carbonyl (C=O) groups excluding carboxylic acids is 3. The first kappa shape index (κ1) is 22.1. The molecule has 2 aromatic carbocycles. The van der Waals surface area contributed by atoms with Crippen molar-refractivity contribution in [2.75, 3.05) is 22.9 Å². The van der Waals surface area contributed by atoms with Gasteiger partial charge < -0.3 is 5.32 Å². The van der Waals surface area contributed by atoms with Crippen LogP contribution in [0.25, 0.3) is 11.1 Å². The van der Waals surface area contributed by atoms with E-state index in [2.05, 4.69) is 10.6 Å². The van der Waals surface area contributed by atoms with E-state index >= 15 is 0 Å². The van der Waals surface area contributed by atoms with Crippen LogP contribution in [0.15, 0.2) is 42.5 Å². The van der Waals surface area contributed by atoms with Gasteiger partial charge in [-0.2, -0.15) is 0 Å². The van der Waals surface area contributed by atoms with E-state index < -0.39 is 6.03 Å². The highest BCUT2D eigenvalue weighted by molar-refractivity contribution is 6.36. The number of halogens is 1. The van der Waals surface area contributed by atoms with Gasteiger partial charge in [0.1, 0.15) is 0 Å². The largest absolute Gasteiger partial charge is 0.335 e. The Labute approximate surface area is 192 Å². The van der Waals surface area contributed by atoms with Crippen LogP contribution in [0.3, 0.4) is 0 Å². The topological polar surface area (TPSA) is 81.8 Å². The highest BCUT2D eigenvalue weighted by atomic mass is 35.5. The average molecular weight is 455 g/mol. The van der Waals surface area contributed by atoms with Gasteiger partial charge in [0.2, 0.25) is 5.91 Å². The number of benzene rings is 2. The van der Waals surface area contributed by atoms with Gasteiger partial charge in [-0.15, -0.1) is 0 Å². The van der Waals surface area contributed by atoms with Crippen molar-refractivity contribution in [2.45, 2.75) is 45.1 Å². The van der Waals surface area contributed by atoms with Crippen LogP contribution in [-0.2, 0) is 4.79 Å². The molecule has 2 aromatic rings. The second-order valence-electron chi connectivity index (χ2n) is 8.01. The monoisotopic (exact) mass is 454 g/mol. The number of nitrogens with zero attached hydrogens (tertiary/aromatic N) is 2. The van der Waals surface area contributed by atoms with Crippen molar-refractivity contribution in [3.05, 3.63) is 47.5 Å². The van der Waals surface area contributed by atoms with Gasteiger partial charge in [0.05, 0.1) is 16.2 Å². The number of nitrogens with one attached hydrogen (secondary N) is 2. The number of carbonyl (C=O) groups is 3. The lowest BCUT2D eigenvalue weighted by Crippen LogP contribution is -2.52. The minimum Gasteiger partial charge on any atom is -0.335 e. The van der Waals surface area contributed by atoms with Crippen LogP contribution in [0, 0.1) is 0 Å². The Hall–Kier alpha value is -3.06. The summed E-state index contributed by atoms with van der Waals surface area (Å²) in [6, 6.07) is 12.8. The Morgan fingerprint density at radius 3 is 2.31 bits per heavy atom. The van der Waals surface area contributed by atoms with Crippen LogP contribution < -0.4 is 20.4 Å². The third-order valence-electron chi connectivity index (χ3n) is 6.29. The maximum atomic E-state index is 12.4. The lowest BCUT2D eigenvalue weighted by molar-refractivity contribution is -0.120. The summed E-state index contributed by atoms with van der Waals surface area (Å²) in [5.41, 5.74) is 3.02. The van der Waals surface area contributed by atoms with E-state index in [1.807, 2.05) is 55.1 Å². The van der Waals surface area contributed by atoms with E-state index in [-0.39, 0.29) is 23.9 Å². The van der Waals surface area contributed by atoms with E-state index in [9.17, 15) is 14.4 Å². The van der Waals surface area contributed by atoms with Crippen molar-refractivity contribution in [1.82, 2.24) is 10.6 Å². The second-order valence-corrected chi connectivity index (χ2v) is 8.39. The van der Waals surface area contributed by atoms with Crippen LogP contribution in [-0.4, -0.2) is 36.6 Å². The fourth-order valence-corrected chi connectivity index (χ4v) is 4.86. The lowest BCUT2D eigenvalue weighted by Gasteiger charge is -2.44. The van der Waals surface area contributed by atoms with Gasteiger partial charge in [-0.1, -0.05) is 49.7 Å². The molecule has 1 spiro atoms. The molecular weight excluding hydrogens is 428 g/mol. The molecule has 2 aliphatic heterocycles. The SMILES string of the molecule is CC.O=C1CCN(c2cccc(-c3ccc(N4C(=O)NCC45CCC5)cc3)c2Cl)C(=O)N1. The van der Waals surface area contributed by atoms with Crippen molar-refractivity contribution in [3.63, 3.8) is 0 Å². The van der Waals surface area contributed by atoms with Crippen LogP contribution in [0.4, 0.5) is 21.0 Å². The van der Waals surface area contributed by atoms with E-state index in [0.717, 1.165) is 36.1 Å². The third kappa shape index (κ3) is 3.71. The molecule has 3 aliphatic rings. The first-order valence-electron chi connectivity index (χ1n) is 11.1. The standard InChI is InChI=1S/C22H21ClN4O3.C2H6/c23-19-16(3-1-4-17(19)26-12-9-18(28)25-21(26)30)14-5-7-15(8-6-14)27-20(29)24-13-22(27)10-2-11-22;1-2/h1,3-8H,2,9-13H2,(H,24,29)(H,25,28,30);1-2H3. The summed E-state index contributed by atoms with van der Waals surface area (Å²) in [6.07, 6.45) is 3.41. The molecule has 8 heteroatoms. The van der Waals surface area contributed by atoms with Gasteiger partial charge >= 0.3 is 12.1 Å². The molecule has 0 atom stereocenters. The molecule has 5 rings (SSSR count). The predicted molar refractivity (Wildman–Crippen MR) is 126 cm³/mol. The Balaban J connectivity index is 0.00000119. The van der Waals surface area contributed by atoms with E-state index in [1.54, 1.807) is 6.07 Å². The van der Waals surface area contributed by atoms with Crippen molar-refractivity contribution >= 4 is 40.9 Å². The van der Waals surface area contributed by atoms with Crippen molar-refractivity contribution in [1.29, 1.82) is 0 Å². The van der Waals surface area contributed by atoms with Crippen LogP contribution in [0.1, 0.15) is 39.5 Å². The maximum absolute atomic E-state index is 12.4. The number of hydrogen-bond donors (Lipinski definition) is 2. The van der Waals surface area contributed by atoms with Crippen molar-refractivity contribution in [3.8, 4) is 11.1 Å². The lowest BCUT2D eigenvalue weighted by atomic mass is 9.76. The van der Waals surface area contributed by atoms with Gasteiger partial charge in [-0.3, -0.25) is 19.9 Å². The van der Waals surface area contributed by atoms with Crippen LogP contribution >= 0.6 is 11.6 Å². The summed E-state index contributed by atoms with van der Waals surface area (Å²) in [4.78, 5) is 39.4. The summed E-state index contributed by atoms with van der Waals surface area (Å²) in [5.74, 6) is -0.283. The smallest absolute Gasteiger partial charge is 0.328 e. The molecule has 5 amide bonds. The molecule has 1 saturated carbocycles. The highest BCUT2D eigenvalue weighted by Gasteiger charge is 2.50. The first-order chi connectivity index (χ1) is 15.5. The molecule has 0 radical (unpaired) electrons. The van der Waals surface area contributed by atoms with Gasteiger partial charge in [0, 0.05) is 30.8 Å². The zero-order valence-electron chi connectivity index (χ0n) is 18.3. The summed E-state index contributed by atoms with van der Waals surface area (Å²) < 4.78 is 0. The number of imide groups is 1. The summed E-state index contributed by atoms with van der Waals surface area (Å²) in [6.45, 7) is 4.99. The normalized spacial score (nSPS) is 19.2. The number of urea groups is 2. The number of rotatable bonds is 3. The van der Waals surface area contributed by atoms with Gasteiger partial charge in [0.25, 0.3) is 0 Å². The molecule has 0 unspecified atom stereocenters. The fraction of sp³-hybridized carbons (Fsp3) is 0.375. The Bertz CT molecular complexity index is 1050. The molecule has 2 saturated heterocycles. The minimum atomic E-state index is -0.466. The molecule has 7 nitrogen and oxygen atoms in total. The van der Waals surface area contributed by atoms with Crippen LogP contribution in [0.5, 0.6) is 0 Å². The molecule has 168 valence electrons. The molecule has 0 aromatic heterocycles. The first-order valence-corrected chi connectivity index (χ1v) is 11.4. The third-order valence-corrected chi connectivity index (χ3v) is 6.69. The highest BCUT2D eigenvalue weighted by Crippen LogP contribution is 2.43. The van der Waals surface area contributed by atoms with E-state index in [4.69, 9.17) is 11.6 Å². The molecule has 2 N–H and O–H groups in total. The molecule has 3 fully saturated rings. The Kier molecular flexibility index (Phi) is 6.11. The number of hydrogen-bond acceptors (Lipinski definition) is 3. The molecule has 2 heterocycles. The summed E-state index contributed by atoms with van der Waals surface area (Å²) >= 11 is 6.66. The quantitative estimate of drug-likeness (QED) is 0.689. The van der Waals surface area contributed by atoms with Gasteiger partial charge in [0.15, 0.2) is 0 Å². The maximum Gasteiger partial charge on any atom is 0.328 e. The van der Waals surface area contributed by atoms with E-state index in [0.29, 0.717) is 23.8 Å². The summed E-state index contributed by atoms with van der Waals surface area (Å²) in [7, 11) is 0. The average Bonchev–Trinajstić information content (AvgIpc) is 3.14. The minimum absolute atomic E-state index is 0.0480.